The zero-order valence-electron chi connectivity index (χ0n) is 17.1. The topological polar surface area (TPSA) is 54.0 Å². The molecule has 2 aliphatic heterocycles. The van der Waals surface area contributed by atoms with Crippen molar-refractivity contribution in [2.45, 2.75) is 45.7 Å². The van der Waals surface area contributed by atoms with Crippen molar-refractivity contribution in [2.75, 3.05) is 45.9 Å². The first kappa shape index (κ1) is 22.8. The second-order valence-corrected chi connectivity index (χ2v) is 7.53. The number of nitrogens with zero attached hydrogens (tertiary/aromatic N) is 2. The average Bonchev–Trinajstić information content (AvgIpc) is 2.68. The lowest BCUT2D eigenvalue weighted by Crippen LogP contribution is -2.48. The maximum absolute atomic E-state index is 12.3. The highest BCUT2D eigenvalue weighted by Crippen LogP contribution is 2.29. The Kier molecular flexibility index (Phi) is 9.35. The molecule has 2 fully saturated rings. The van der Waals surface area contributed by atoms with Crippen LogP contribution in [0.25, 0.3) is 0 Å². The van der Waals surface area contributed by atoms with E-state index < -0.39 is 0 Å². The summed E-state index contributed by atoms with van der Waals surface area (Å²) in [6.45, 7) is 10.6. The number of likely N-dealkylation sites (tertiary alicyclic amines) is 1. The number of hydrogen-bond donors (Lipinski definition) is 1. The van der Waals surface area contributed by atoms with Crippen LogP contribution in [0, 0.1) is 0 Å². The Morgan fingerprint density at radius 1 is 1.14 bits per heavy atom. The van der Waals surface area contributed by atoms with Gasteiger partial charge in [-0.05, 0) is 50.8 Å². The molecule has 0 aromatic heterocycles. The Labute approximate surface area is 175 Å². The molecule has 2 heterocycles. The van der Waals surface area contributed by atoms with E-state index in [1.54, 1.807) is 0 Å². The summed E-state index contributed by atoms with van der Waals surface area (Å²) in [6, 6.07) is 6.59. The van der Waals surface area contributed by atoms with Crippen LogP contribution in [-0.2, 0) is 11.3 Å². The van der Waals surface area contributed by atoms with Crippen molar-refractivity contribution in [1.29, 1.82) is 0 Å². The van der Waals surface area contributed by atoms with Crippen LogP contribution in [0.2, 0.25) is 0 Å². The predicted octanol–water partition coefficient (Wildman–Crippen LogP) is 2.69. The van der Waals surface area contributed by atoms with Crippen molar-refractivity contribution in [1.82, 2.24) is 15.1 Å². The summed E-state index contributed by atoms with van der Waals surface area (Å²) in [6.07, 6.45) is 3.40. The van der Waals surface area contributed by atoms with Crippen molar-refractivity contribution < 1.29 is 14.3 Å². The van der Waals surface area contributed by atoms with E-state index in [0.717, 1.165) is 57.9 Å². The number of piperazine rings is 1. The van der Waals surface area contributed by atoms with Crippen molar-refractivity contribution in [3.8, 4) is 11.5 Å². The molecule has 0 aliphatic carbocycles. The zero-order chi connectivity index (χ0) is 19.1. The highest BCUT2D eigenvalue weighted by molar-refractivity contribution is 5.85. The molecular formula is C21H34ClN3O3. The Hall–Kier alpha value is -1.50. The minimum atomic E-state index is 0. The fourth-order valence-electron chi connectivity index (χ4n) is 3.83. The van der Waals surface area contributed by atoms with Crippen molar-refractivity contribution >= 4 is 18.3 Å². The van der Waals surface area contributed by atoms with Crippen LogP contribution in [0.1, 0.15) is 38.7 Å². The van der Waals surface area contributed by atoms with Gasteiger partial charge >= 0.3 is 0 Å². The molecular weight excluding hydrogens is 378 g/mol. The molecule has 28 heavy (non-hydrogen) atoms. The molecule has 1 aromatic carbocycles. The van der Waals surface area contributed by atoms with E-state index in [0.29, 0.717) is 18.4 Å². The van der Waals surface area contributed by atoms with Gasteiger partial charge in [-0.2, -0.15) is 0 Å². The number of piperidine rings is 1. The lowest BCUT2D eigenvalue weighted by molar-refractivity contribution is -0.134. The maximum atomic E-state index is 12.3. The fourth-order valence-corrected chi connectivity index (χ4v) is 3.83. The number of rotatable bonds is 7. The van der Waals surface area contributed by atoms with E-state index in [1.807, 2.05) is 17.9 Å². The van der Waals surface area contributed by atoms with Crippen LogP contribution in [0.3, 0.4) is 0 Å². The number of benzene rings is 1. The van der Waals surface area contributed by atoms with Gasteiger partial charge in [-0.15, -0.1) is 12.4 Å². The molecule has 0 saturated carbocycles. The number of amides is 1. The standard InChI is InChI=1S/C21H33N3O3.ClH/c1-3-26-20-13-18(15-23-12-9-22-17(2)14-23)7-8-19(20)27-16-21(25)24-10-5-4-6-11-24;/h7-8,13,17,22H,3-6,9-12,14-16H2,1-2H3;1H. The number of carbonyl (C=O) groups is 1. The molecule has 1 unspecified atom stereocenters. The minimum Gasteiger partial charge on any atom is -0.490 e. The maximum Gasteiger partial charge on any atom is 0.260 e. The average molecular weight is 412 g/mol. The first-order valence-corrected chi connectivity index (χ1v) is 10.3. The summed E-state index contributed by atoms with van der Waals surface area (Å²) in [5.41, 5.74) is 1.21. The van der Waals surface area contributed by atoms with Gasteiger partial charge in [0.1, 0.15) is 0 Å². The summed E-state index contributed by atoms with van der Waals surface area (Å²) < 4.78 is 11.6. The third kappa shape index (κ3) is 6.54. The third-order valence-electron chi connectivity index (χ3n) is 5.23. The predicted molar refractivity (Wildman–Crippen MR) is 114 cm³/mol. The third-order valence-corrected chi connectivity index (χ3v) is 5.23. The monoisotopic (exact) mass is 411 g/mol. The van der Waals surface area contributed by atoms with Gasteiger partial charge in [0.05, 0.1) is 6.61 Å². The lowest BCUT2D eigenvalue weighted by Gasteiger charge is -2.32. The van der Waals surface area contributed by atoms with E-state index in [-0.39, 0.29) is 24.9 Å². The van der Waals surface area contributed by atoms with Crippen molar-refractivity contribution in [2.24, 2.45) is 0 Å². The Morgan fingerprint density at radius 2 is 1.93 bits per heavy atom. The van der Waals surface area contributed by atoms with E-state index in [2.05, 4.69) is 29.3 Å². The van der Waals surface area contributed by atoms with Crippen molar-refractivity contribution in [3.05, 3.63) is 23.8 Å². The van der Waals surface area contributed by atoms with Gasteiger partial charge < -0.3 is 19.7 Å². The van der Waals surface area contributed by atoms with Crippen molar-refractivity contribution in [3.63, 3.8) is 0 Å². The second-order valence-electron chi connectivity index (χ2n) is 7.53. The number of halogens is 1. The van der Waals surface area contributed by atoms with Gasteiger partial charge in [0.25, 0.3) is 5.91 Å². The molecule has 3 rings (SSSR count). The Bertz CT molecular complexity index is 623. The molecule has 7 heteroatoms. The Balaban J connectivity index is 0.00000280. The summed E-state index contributed by atoms with van der Waals surface area (Å²) in [5, 5.41) is 3.47. The van der Waals surface area contributed by atoms with Gasteiger partial charge in [-0.3, -0.25) is 9.69 Å². The summed E-state index contributed by atoms with van der Waals surface area (Å²) in [7, 11) is 0. The Morgan fingerprint density at radius 3 is 2.64 bits per heavy atom. The minimum absolute atomic E-state index is 0. The quantitative estimate of drug-likeness (QED) is 0.747. The zero-order valence-corrected chi connectivity index (χ0v) is 17.9. The highest BCUT2D eigenvalue weighted by Gasteiger charge is 2.19. The van der Waals surface area contributed by atoms with Gasteiger partial charge in [0.15, 0.2) is 18.1 Å². The van der Waals surface area contributed by atoms with Crippen LogP contribution in [0.15, 0.2) is 18.2 Å². The molecule has 2 saturated heterocycles. The smallest absolute Gasteiger partial charge is 0.260 e. The van der Waals surface area contributed by atoms with Gasteiger partial charge in [-0.1, -0.05) is 6.07 Å². The molecule has 1 atom stereocenters. The fraction of sp³-hybridized carbons (Fsp3) is 0.667. The van der Waals surface area contributed by atoms with E-state index in [4.69, 9.17) is 9.47 Å². The van der Waals surface area contributed by atoms with E-state index >= 15 is 0 Å². The lowest BCUT2D eigenvalue weighted by atomic mass is 10.1. The molecule has 0 bridgehead atoms. The number of ether oxygens (including phenoxy) is 2. The van der Waals surface area contributed by atoms with Crippen LogP contribution in [0.5, 0.6) is 11.5 Å². The molecule has 2 aliphatic rings. The van der Waals surface area contributed by atoms with E-state index in [1.165, 1.54) is 12.0 Å². The SMILES string of the molecule is CCOc1cc(CN2CCNC(C)C2)ccc1OCC(=O)N1CCCCC1.Cl. The molecule has 1 aromatic rings. The molecule has 0 radical (unpaired) electrons. The van der Waals surface area contributed by atoms with Crippen LogP contribution < -0.4 is 14.8 Å². The largest absolute Gasteiger partial charge is 0.490 e. The normalized spacial score (nSPS) is 20.4. The number of nitrogens with one attached hydrogen (secondary N) is 1. The highest BCUT2D eigenvalue weighted by atomic mass is 35.5. The number of carbonyl (C=O) groups excluding carboxylic acids is 1. The van der Waals surface area contributed by atoms with Crippen LogP contribution in [-0.4, -0.2) is 67.7 Å². The first-order chi connectivity index (χ1) is 13.2. The van der Waals surface area contributed by atoms with Gasteiger partial charge in [-0.25, -0.2) is 0 Å². The van der Waals surface area contributed by atoms with Crippen LogP contribution >= 0.6 is 12.4 Å². The first-order valence-electron chi connectivity index (χ1n) is 10.3. The van der Waals surface area contributed by atoms with Gasteiger partial charge in [0, 0.05) is 45.3 Å². The number of hydrogen-bond acceptors (Lipinski definition) is 5. The second kappa shape index (κ2) is 11.5. The molecule has 1 N–H and O–H groups in total. The van der Waals surface area contributed by atoms with Gasteiger partial charge in [0.2, 0.25) is 0 Å². The molecule has 158 valence electrons. The summed E-state index contributed by atoms with van der Waals surface area (Å²) in [5.74, 6) is 1.44. The van der Waals surface area contributed by atoms with E-state index in [9.17, 15) is 4.79 Å². The molecule has 1 amide bonds. The molecule has 6 nitrogen and oxygen atoms in total. The van der Waals surface area contributed by atoms with Crippen LogP contribution in [0.4, 0.5) is 0 Å². The summed E-state index contributed by atoms with van der Waals surface area (Å²) in [4.78, 5) is 16.7. The summed E-state index contributed by atoms with van der Waals surface area (Å²) >= 11 is 0. The molecule has 0 spiro atoms.